The average molecular weight is 1040 g/mol. The summed E-state index contributed by atoms with van der Waals surface area (Å²) in [6.07, 6.45) is -5.39. The summed E-state index contributed by atoms with van der Waals surface area (Å²) in [5.74, 6) is -18.7. The van der Waals surface area contributed by atoms with E-state index in [2.05, 4.69) is 20.4 Å². The van der Waals surface area contributed by atoms with Gasteiger partial charge in [-0.3, -0.25) is 9.59 Å². The van der Waals surface area contributed by atoms with Crippen LogP contribution in [0.15, 0.2) is 60.8 Å². The van der Waals surface area contributed by atoms with Crippen LogP contribution in [0.3, 0.4) is 0 Å². The maximum atomic E-state index is 13.6. The molecule has 0 saturated carbocycles. The number of esters is 1. The van der Waals surface area contributed by atoms with Gasteiger partial charge in [-0.25, -0.2) is 22.6 Å². The van der Waals surface area contributed by atoms with E-state index in [9.17, 15) is 56.8 Å². The molecule has 5 N–H and O–H groups in total. The number of carboxylic acid groups (broad SMARTS) is 1. The molecule has 0 radical (unpaired) electrons. The lowest BCUT2D eigenvalue weighted by Crippen LogP contribution is -2.61. The predicted octanol–water partition coefficient (Wildman–Crippen LogP) is 3.10. The fraction of sp³-hybridized carbons (Fsp3) is 0.511. The molecule has 1 fully saturated rings. The Morgan fingerprint density at radius 3 is 1.99 bits per heavy atom. The van der Waals surface area contributed by atoms with Gasteiger partial charge in [-0.05, 0) is 30.3 Å². The Bertz CT molecular complexity index is 2330. The normalized spacial score (nSPS) is 18.6. The van der Waals surface area contributed by atoms with Crippen LogP contribution in [0.5, 0.6) is 17.2 Å². The number of nitrogens with zero attached hydrogens (tertiary/aromatic N) is 3. The Morgan fingerprint density at radius 2 is 1.34 bits per heavy atom. The minimum Gasteiger partial charge on any atom is -0.477 e. The molecule has 26 heteroatoms. The number of carboxylic acids is 1. The first-order valence-corrected chi connectivity index (χ1v) is 22.9. The van der Waals surface area contributed by atoms with Crippen molar-refractivity contribution in [1.29, 1.82) is 0 Å². The van der Waals surface area contributed by atoms with Gasteiger partial charge < -0.3 is 73.1 Å². The van der Waals surface area contributed by atoms with Gasteiger partial charge in [-0.15, -0.1) is 5.10 Å². The van der Waals surface area contributed by atoms with Crippen molar-refractivity contribution in [2.24, 2.45) is 5.92 Å². The molecule has 1 aromatic heterocycles. The molecule has 0 unspecified atom stereocenters. The van der Waals surface area contributed by atoms with Gasteiger partial charge in [0.25, 0.3) is 11.7 Å². The first kappa shape index (κ1) is 58.1. The zero-order chi connectivity index (χ0) is 52.8. The Morgan fingerprint density at radius 1 is 0.767 bits per heavy atom. The molecule has 2 heterocycles. The second-order valence-corrected chi connectivity index (χ2v) is 16.0. The molecule has 5 rings (SSSR count). The lowest BCUT2D eigenvalue weighted by Gasteiger charge is -2.45. The van der Waals surface area contributed by atoms with E-state index in [1.165, 1.54) is 13.0 Å². The summed E-state index contributed by atoms with van der Waals surface area (Å²) in [5, 5.41) is 53.5. The number of rotatable bonds is 33. The second kappa shape index (κ2) is 29.8. The van der Waals surface area contributed by atoms with Crippen LogP contribution in [-0.2, 0) is 60.6 Å². The third-order valence-electron chi connectivity index (χ3n) is 10.7. The number of ether oxygens (including phenoxy) is 10. The van der Waals surface area contributed by atoms with Gasteiger partial charge in [0.1, 0.15) is 23.3 Å². The van der Waals surface area contributed by atoms with Gasteiger partial charge in [-0.1, -0.05) is 36.4 Å². The summed E-state index contributed by atoms with van der Waals surface area (Å²) < 4.78 is 122. The predicted molar refractivity (Wildman–Crippen MR) is 239 cm³/mol. The van der Waals surface area contributed by atoms with E-state index in [-0.39, 0.29) is 84.8 Å². The zero-order valence-corrected chi connectivity index (χ0v) is 39.5. The molecule has 0 aliphatic carbocycles. The van der Waals surface area contributed by atoms with Crippen molar-refractivity contribution < 1.29 is 104 Å². The zero-order valence-electron chi connectivity index (χ0n) is 39.5. The molecule has 1 aliphatic heterocycles. The standard InChI is InChI=1S/C47H57F5N4O17/c1-29-34(57)25-47(46(62)63,73-43(29)42(60)35(58)26-53-45(61)30-6-5-9-33(24-30)71-32-7-3-2-4-8-32)70-23-22-68-20-21-69-28-31-27-56(55-54-31)11-13-65-15-17-67-19-18-66-16-14-64-12-10-36(59)72-44-40(51)38(49)37(48)39(50)41(44)52/h2-9,24,27,29,34-35,42-43,57-58,60H,10-23,25-26,28H2,1H3,(H,53,61)(H,62,63)/t29-,34+,35-,42-,43-,47-/m1/s1. The molecule has 1 aliphatic rings. The van der Waals surface area contributed by atoms with Crippen LogP contribution >= 0.6 is 0 Å². The van der Waals surface area contributed by atoms with Crippen LogP contribution in [0.1, 0.15) is 35.8 Å². The molecular formula is C47H57F5N4O17. The number of halogens is 5. The molecule has 73 heavy (non-hydrogen) atoms. The Labute approximate surface area is 414 Å². The first-order chi connectivity index (χ1) is 35.1. The summed E-state index contributed by atoms with van der Waals surface area (Å²) in [4.78, 5) is 37.1. The summed E-state index contributed by atoms with van der Waals surface area (Å²) in [6.45, 7) is 2.69. The first-order valence-electron chi connectivity index (χ1n) is 22.9. The highest BCUT2D eigenvalue weighted by Crippen LogP contribution is 2.36. The second-order valence-electron chi connectivity index (χ2n) is 16.0. The number of benzene rings is 3. The van der Waals surface area contributed by atoms with Crippen LogP contribution < -0.4 is 14.8 Å². The van der Waals surface area contributed by atoms with Gasteiger partial charge in [0.05, 0.1) is 123 Å². The number of para-hydroxylation sites is 1. The van der Waals surface area contributed by atoms with Crippen molar-refractivity contribution in [3.05, 3.63) is 101 Å². The molecule has 402 valence electrons. The summed E-state index contributed by atoms with van der Waals surface area (Å²) in [5.41, 5.74) is 0.764. The van der Waals surface area contributed by atoms with Crippen LogP contribution in [-0.4, -0.2) is 169 Å². The van der Waals surface area contributed by atoms with Gasteiger partial charge in [0, 0.05) is 24.4 Å². The number of aliphatic hydroxyl groups is 3. The highest BCUT2D eigenvalue weighted by molar-refractivity contribution is 5.94. The fourth-order valence-corrected chi connectivity index (χ4v) is 6.78. The topological polar surface area (TPSA) is 267 Å². The molecule has 1 amide bonds. The highest BCUT2D eigenvalue weighted by Gasteiger charge is 2.54. The van der Waals surface area contributed by atoms with E-state index in [4.69, 9.17) is 42.6 Å². The van der Waals surface area contributed by atoms with E-state index >= 15 is 0 Å². The van der Waals surface area contributed by atoms with E-state index in [0.717, 1.165) is 0 Å². The number of aliphatic carboxylic acids is 1. The van der Waals surface area contributed by atoms with Crippen molar-refractivity contribution >= 4 is 17.8 Å². The third kappa shape index (κ3) is 18.0. The van der Waals surface area contributed by atoms with Crippen LogP contribution in [0.4, 0.5) is 22.0 Å². The Hall–Kier alpha value is -5.78. The summed E-state index contributed by atoms with van der Waals surface area (Å²) >= 11 is 0. The molecule has 21 nitrogen and oxygen atoms in total. The van der Waals surface area contributed by atoms with Gasteiger partial charge >= 0.3 is 11.9 Å². The highest BCUT2D eigenvalue weighted by atomic mass is 19.2. The third-order valence-corrected chi connectivity index (χ3v) is 10.7. The molecule has 1 saturated heterocycles. The Balaban J connectivity index is 0.863. The van der Waals surface area contributed by atoms with Crippen LogP contribution in [0, 0.1) is 35.0 Å². The number of carbonyl (C=O) groups is 3. The number of hydrogen-bond donors (Lipinski definition) is 5. The lowest BCUT2D eigenvalue weighted by atomic mass is 9.84. The maximum Gasteiger partial charge on any atom is 0.364 e. The van der Waals surface area contributed by atoms with Gasteiger partial charge in [-0.2, -0.15) is 8.78 Å². The van der Waals surface area contributed by atoms with Crippen molar-refractivity contribution in [1.82, 2.24) is 20.3 Å². The van der Waals surface area contributed by atoms with Crippen LogP contribution in [0.2, 0.25) is 0 Å². The summed E-state index contributed by atoms with van der Waals surface area (Å²) in [6, 6.07) is 15.3. The Kier molecular flexibility index (Phi) is 23.7. The molecule has 4 aromatic rings. The number of aliphatic hydroxyl groups excluding tert-OH is 3. The van der Waals surface area contributed by atoms with Crippen molar-refractivity contribution in [2.45, 2.75) is 63.1 Å². The van der Waals surface area contributed by atoms with E-state index < -0.39 is 108 Å². The van der Waals surface area contributed by atoms with Crippen molar-refractivity contribution in [2.75, 3.05) is 85.8 Å². The molecule has 3 aromatic carbocycles. The summed E-state index contributed by atoms with van der Waals surface area (Å²) in [7, 11) is 0. The largest absolute Gasteiger partial charge is 0.477 e. The minimum absolute atomic E-state index is 0.0323. The number of carbonyl (C=O) groups excluding carboxylic acids is 2. The molecule has 0 bridgehead atoms. The lowest BCUT2D eigenvalue weighted by molar-refractivity contribution is -0.318. The quantitative estimate of drug-likeness (QED) is 0.0115. The SMILES string of the molecule is C[C@H]1[C@H]([C@H](O)[C@H](O)CNC(=O)c2cccc(Oc3ccccc3)c2)O[C@@](OCCOCCOCc2cn(CCOCCOCCOCCOCCC(=O)Oc3c(F)c(F)c(F)c(F)c3F)nn2)(C(=O)O)C[C@@H]1O. The van der Waals surface area contributed by atoms with Crippen LogP contribution in [0.25, 0.3) is 0 Å². The van der Waals surface area contributed by atoms with Gasteiger partial charge in [0.2, 0.25) is 34.8 Å². The molecule has 0 spiro atoms. The van der Waals surface area contributed by atoms with E-state index in [1.54, 1.807) is 53.3 Å². The monoisotopic (exact) mass is 1040 g/mol. The minimum atomic E-state index is -2.38. The number of amides is 1. The smallest absolute Gasteiger partial charge is 0.364 e. The van der Waals surface area contributed by atoms with Crippen molar-refractivity contribution in [3.8, 4) is 17.2 Å². The van der Waals surface area contributed by atoms with E-state index in [0.29, 0.717) is 30.3 Å². The number of nitrogens with one attached hydrogen (secondary N) is 1. The fourth-order valence-electron chi connectivity index (χ4n) is 6.78. The molecular weight excluding hydrogens is 988 g/mol. The molecule has 6 atom stereocenters. The number of aromatic nitrogens is 3. The maximum absolute atomic E-state index is 13.6. The number of hydrogen-bond acceptors (Lipinski definition) is 18. The van der Waals surface area contributed by atoms with Gasteiger partial charge in [0.15, 0.2) is 0 Å². The van der Waals surface area contributed by atoms with Crippen molar-refractivity contribution in [3.63, 3.8) is 0 Å². The van der Waals surface area contributed by atoms with E-state index in [1.807, 2.05) is 6.07 Å². The average Bonchev–Trinajstić information content (AvgIpc) is 3.84.